The average molecular weight is 566 g/mol. The number of aliphatic imine (C=N–C) groups is 1. The molecule has 0 saturated heterocycles. The zero-order valence-electron chi connectivity index (χ0n) is 23.9. The third-order valence-electron chi connectivity index (χ3n) is 6.69. The van der Waals surface area contributed by atoms with Crippen LogP contribution in [-0.2, 0) is 19.8 Å². The number of nitrogens with zero attached hydrogens (tertiary/aromatic N) is 3. The number of ether oxygens (including phenoxy) is 2. The lowest BCUT2D eigenvalue weighted by molar-refractivity contribution is -0.129. The van der Waals surface area contributed by atoms with Crippen LogP contribution in [0.3, 0.4) is 0 Å². The molecule has 3 atom stereocenters. The predicted octanol–water partition coefficient (Wildman–Crippen LogP) is 5.35. The van der Waals surface area contributed by atoms with Crippen molar-refractivity contribution in [1.82, 2.24) is 9.80 Å². The van der Waals surface area contributed by atoms with E-state index in [0.717, 1.165) is 6.04 Å². The molecule has 1 fully saturated rings. The summed E-state index contributed by atoms with van der Waals surface area (Å²) in [4.78, 5) is 46.1. The molecule has 2 aliphatic rings. The molecule has 1 aliphatic heterocycles. The molecule has 1 heterocycles. The number of carbonyl (C=O) groups excluding carboxylic acids is 3. The Hall–Kier alpha value is -2.24. The summed E-state index contributed by atoms with van der Waals surface area (Å²) in [6.07, 6.45) is 0.438. The van der Waals surface area contributed by atoms with Crippen molar-refractivity contribution in [3.8, 4) is 0 Å². The second-order valence-electron chi connectivity index (χ2n) is 12.6. The van der Waals surface area contributed by atoms with Crippen molar-refractivity contribution < 1.29 is 28.2 Å². The van der Waals surface area contributed by atoms with Crippen LogP contribution in [0.15, 0.2) is 23.2 Å². The number of aldehydes is 1. The van der Waals surface area contributed by atoms with Crippen molar-refractivity contribution in [2.24, 2.45) is 10.9 Å². The fourth-order valence-electron chi connectivity index (χ4n) is 4.54. The summed E-state index contributed by atoms with van der Waals surface area (Å²) < 4.78 is 25.9. The van der Waals surface area contributed by atoms with Gasteiger partial charge in [-0.3, -0.25) is 14.6 Å². The minimum Gasteiger partial charge on any atom is -0.443 e. The molecule has 8 nitrogen and oxygen atoms in total. The van der Waals surface area contributed by atoms with Gasteiger partial charge in [0.05, 0.1) is 5.54 Å². The summed E-state index contributed by atoms with van der Waals surface area (Å²) in [5.41, 5.74) is -1.46. The van der Waals surface area contributed by atoms with Gasteiger partial charge in [-0.15, -0.1) is 0 Å². The topological polar surface area (TPSA) is 88.5 Å². The predicted molar refractivity (Wildman–Crippen MR) is 151 cm³/mol. The number of carbonyl (C=O) groups is 3. The second kappa shape index (κ2) is 10.7. The van der Waals surface area contributed by atoms with Crippen molar-refractivity contribution in [2.75, 3.05) is 27.4 Å². The van der Waals surface area contributed by atoms with Gasteiger partial charge in [-0.1, -0.05) is 31.4 Å². The Morgan fingerprint density at radius 3 is 2.47 bits per heavy atom. The van der Waals surface area contributed by atoms with Crippen LogP contribution >= 0.6 is 11.8 Å². The lowest BCUT2D eigenvalue weighted by Crippen LogP contribution is -2.48. The van der Waals surface area contributed by atoms with E-state index < -0.39 is 35.9 Å². The van der Waals surface area contributed by atoms with E-state index in [-0.39, 0.29) is 29.3 Å². The van der Waals surface area contributed by atoms with Crippen LogP contribution in [0.5, 0.6) is 0 Å². The number of hydrogen-bond donors (Lipinski definition) is 0. The summed E-state index contributed by atoms with van der Waals surface area (Å²) in [6.45, 7) is 14.1. The SMILES string of the molecule is CN(C)C(=O)[C@]12C[C@H]1[C@@](C)(c1cc(C=O)ccc1F)N=C(N(COCC[Si](C)(C)C)C(=O)OC(C)(C)C)S2. The van der Waals surface area contributed by atoms with Crippen molar-refractivity contribution in [3.63, 3.8) is 0 Å². The number of amidine groups is 1. The minimum absolute atomic E-state index is 0.116. The van der Waals surface area contributed by atoms with E-state index in [4.69, 9.17) is 14.5 Å². The highest BCUT2D eigenvalue weighted by molar-refractivity contribution is 8.16. The minimum atomic E-state index is -1.38. The van der Waals surface area contributed by atoms with Gasteiger partial charge in [0.1, 0.15) is 29.2 Å². The highest BCUT2D eigenvalue weighted by Crippen LogP contribution is 2.67. The first-order chi connectivity index (χ1) is 17.4. The molecule has 38 heavy (non-hydrogen) atoms. The Balaban J connectivity index is 2.10. The Morgan fingerprint density at radius 2 is 1.92 bits per heavy atom. The van der Waals surface area contributed by atoms with Gasteiger partial charge < -0.3 is 14.4 Å². The fourth-order valence-corrected chi connectivity index (χ4v) is 6.98. The van der Waals surface area contributed by atoms with Gasteiger partial charge in [0.25, 0.3) is 0 Å². The van der Waals surface area contributed by atoms with Crippen molar-refractivity contribution in [1.29, 1.82) is 0 Å². The quantitative estimate of drug-likeness (QED) is 0.183. The lowest BCUT2D eigenvalue weighted by Gasteiger charge is -2.38. The van der Waals surface area contributed by atoms with Gasteiger partial charge in [0.15, 0.2) is 5.17 Å². The highest BCUT2D eigenvalue weighted by Gasteiger charge is 2.71. The molecular weight excluding hydrogens is 525 g/mol. The number of fused-ring (bicyclic) bond motifs is 1. The second-order valence-corrected chi connectivity index (χ2v) is 19.5. The van der Waals surface area contributed by atoms with Crippen molar-refractivity contribution >= 4 is 43.3 Å². The monoisotopic (exact) mass is 565 g/mol. The Kier molecular flexibility index (Phi) is 8.56. The summed E-state index contributed by atoms with van der Waals surface area (Å²) >= 11 is 1.20. The number of hydrogen-bond acceptors (Lipinski definition) is 7. The summed E-state index contributed by atoms with van der Waals surface area (Å²) in [5, 5.41) is 0.231. The lowest BCUT2D eigenvalue weighted by atomic mass is 9.85. The molecule has 0 aromatic heterocycles. The Morgan fingerprint density at radius 1 is 1.26 bits per heavy atom. The average Bonchev–Trinajstić information content (AvgIpc) is 3.53. The molecule has 0 unspecified atom stereocenters. The van der Waals surface area contributed by atoms with Crippen LogP contribution in [0, 0.1) is 11.7 Å². The third kappa shape index (κ3) is 6.48. The first kappa shape index (κ1) is 30.3. The fraction of sp³-hybridized carbons (Fsp3) is 0.630. The molecule has 1 saturated carbocycles. The van der Waals surface area contributed by atoms with Crippen LogP contribution in [-0.4, -0.2) is 79.1 Å². The molecule has 210 valence electrons. The van der Waals surface area contributed by atoms with E-state index in [0.29, 0.717) is 24.9 Å². The molecular formula is C27H40FN3O5SSi. The zero-order chi connectivity index (χ0) is 28.7. The molecule has 1 aliphatic carbocycles. The van der Waals surface area contributed by atoms with Gasteiger partial charge in [-0.05, 0) is 58.4 Å². The molecule has 1 aromatic rings. The van der Waals surface area contributed by atoms with E-state index in [1.165, 1.54) is 39.8 Å². The highest BCUT2D eigenvalue weighted by atomic mass is 32.2. The van der Waals surface area contributed by atoms with Gasteiger partial charge >= 0.3 is 6.09 Å². The maximum absolute atomic E-state index is 15.3. The van der Waals surface area contributed by atoms with Crippen LogP contribution < -0.4 is 0 Å². The molecule has 0 bridgehead atoms. The zero-order valence-corrected chi connectivity index (χ0v) is 25.7. The number of benzene rings is 1. The number of thioether (sulfide) groups is 1. The van der Waals surface area contributed by atoms with Gasteiger partial charge in [-0.25, -0.2) is 14.1 Å². The van der Waals surface area contributed by atoms with Gasteiger partial charge in [0, 0.05) is 45.8 Å². The van der Waals surface area contributed by atoms with E-state index in [2.05, 4.69) is 19.6 Å². The van der Waals surface area contributed by atoms with E-state index in [9.17, 15) is 14.4 Å². The first-order valence-corrected chi connectivity index (χ1v) is 17.3. The first-order valence-electron chi connectivity index (χ1n) is 12.8. The molecule has 0 spiro atoms. The molecule has 2 amide bonds. The van der Waals surface area contributed by atoms with Crippen LogP contribution in [0.2, 0.25) is 25.7 Å². The maximum Gasteiger partial charge on any atom is 0.418 e. The molecule has 3 rings (SSSR count). The van der Waals surface area contributed by atoms with Crippen LogP contribution in [0.1, 0.15) is 50.0 Å². The van der Waals surface area contributed by atoms with E-state index >= 15 is 4.39 Å². The smallest absolute Gasteiger partial charge is 0.418 e. The van der Waals surface area contributed by atoms with E-state index in [1.54, 1.807) is 41.8 Å². The van der Waals surface area contributed by atoms with Gasteiger partial charge in [0.2, 0.25) is 5.91 Å². The van der Waals surface area contributed by atoms with E-state index in [1.807, 2.05) is 0 Å². The third-order valence-corrected chi connectivity index (χ3v) is 9.88. The largest absolute Gasteiger partial charge is 0.443 e. The van der Waals surface area contributed by atoms with Crippen molar-refractivity contribution in [2.45, 2.75) is 75.7 Å². The Labute approximate surface area is 230 Å². The number of rotatable bonds is 8. The normalized spacial score (nSPS) is 24.7. The summed E-state index contributed by atoms with van der Waals surface area (Å²) in [7, 11) is 1.97. The Bertz CT molecular complexity index is 1130. The number of halogens is 1. The number of amides is 2. The van der Waals surface area contributed by atoms with Gasteiger partial charge in [-0.2, -0.15) is 0 Å². The van der Waals surface area contributed by atoms with Crippen molar-refractivity contribution in [3.05, 3.63) is 35.1 Å². The molecule has 1 aromatic carbocycles. The molecule has 11 heteroatoms. The van der Waals surface area contributed by atoms with Crippen LogP contribution in [0.4, 0.5) is 9.18 Å². The maximum atomic E-state index is 15.3. The van der Waals surface area contributed by atoms with Crippen LogP contribution in [0.25, 0.3) is 0 Å². The molecule has 0 radical (unpaired) electrons. The standard InChI is InChI=1S/C27H40FN3O5SSi/c1-25(2,3)36-24(34)31(17-35-12-13-38(7,8)9)23-29-26(4,19-14-18(16-32)10-11-20(19)28)21-15-27(21,37-23)22(33)30(5)6/h10-11,14,16,21H,12-13,15,17H2,1-9H3/t21-,26+,27-/m0/s1. The summed E-state index contributed by atoms with van der Waals surface area (Å²) in [5.74, 6) is -0.994. The summed E-state index contributed by atoms with van der Waals surface area (Å²) in [6, 6.07) is 5.03. The molecule has 0 N–H and O–H groups in total.